The van der Waals surface area contributed by atoms with Crippen LogP contribution in [0.25, 0.3) is 0 Å². The maximum Gasteiger partial charge on any atom is 0.0659 e. The van der Waals surface area contributed by atoms with Crippen LogP contribution in [-0.4, -0.2) is 10.2 Å². The van der Waals surface area contributed by atoms with E-state index in [4.69, 9.17) is 0 Å². The average Bonchev–Trinajstić information content (AvgIpc) is 2.03. The Hall–Kier alpha value is -0.920. The van der Waals surface area contributed by atoms with Gasteiger partial charge in [-0.2, -0.15) is 10.2 Å². The van der Waals surface area contributed by atoms with E-state index in [1.807, 2.05) is 6.20 Å². The highest BCUT2D eigenvalue weighted by Gasteiger charge is 2.15. The monoisotopic (exact) mass is 178 g/mol. The Kier molecular flexibility index (Phi) is 2.69. The summed E-state index contributed by atoms with van der Waals surface area (Å²) in [5.74, 6) is 0.454. The van der Waals surface area contributed by atoms with E-state index in [1.54, 1.807) is 0 Å². The number of hydrogen-bond acceptors (Lipinski definition) is 2. The molecule has 0 N–H and O–H groups in total. The van der Waals surface area contributed by atoms with Crippen molar-refractivity contribution in [2.24, 2.45) is 0 Å². The van der Waals surface area contributed by atoms with Gasteiger partial charge in [-0.25, -0.2) is 0 Å². The van der Waals surface area contributed by atoms with Crippen molar-refractivity contribution in [3.05, 3.63) is 23.5 Å². The molecule has 0 spiro atoms. The standard InChI is InChI=1S/C11H18N2/c1-8(2)10-6-9(7-12-13-10)11(3,4)5/h6-8H,1-5H3. The Morgan fingerprint density at radius 3 is 2.31 bits per heavy atom. The molecule has 0 fully saturated rings. The van der Waals surface area contributed by atoms with Crippen LogP contribution in [0.3, 0.4) is 0 Å². The molecule has 13 heavy (non-hydrogen) atoms. The molecule has 1 rings (SSSR count). The molecular formula is C11H18N2. The van der Waals surface area contributed by atoms with Gasteiger partial charge in [0.2, 0.25) is 0 Å². The summed E-state index contributed by atoms with van der Waals surface area (Å²) < 4.78 is 0. The van der Waals surface area contributed by atoms with Crippen LogP contribution in [0.4, 0.5) is 0 Å². The third kappa shape index (κ3) is 2.51. The largest absolute Gasteiger partial charge is 0.159 e. The summed E-state index contributed by atoms with van der Waals surface area (Å²) in [6.45, 7) is 10.8. The third-order valence-electron chi connectivity index (χ3n) is 2.13. The van der Waals surface area contributed by atoms with Crippen molar-refractivity contribution in [1.82, 2.24) is 10.2 Å². The SMILES string of the molecule is CC(C)c1cc(C(C)(C)C)cnn1. The lowest BCUT2D eigenvalue weighted by molar-refractivity contribution is 0.580. The molecule has 0 aliphatic heterocycles. The van der Waals surface area contributed by atoms with Gasteiger partial charge < -0.3 is 0 Å². The van der Waals surface area contributed by atoms with Gasteiger partial charge >= 0.3 is 0 Å². The van der Waals surface area contributed by atoms with Gasteiger partial charge in [0.15, 0.2) is 0 Å². The van der Waals surface area contributed by atoms with E-state index in [1.165, 1.54) is 5.56 Å². The number of nitrogens with zero attached hydrogens (tertiary/aromatic N) is 2. The summed E-state index contributed by atoms with van der Waals surface area (Å²) in [5, 5.41) is 8.12. The highest BCUT2D eigenvalue weighted by Crippen LogP contribution is 2.23. The highest BCUT2D eigenvalue weighted by atomic mass is 15.1. The van der Waals surface area contributed by atoms with Crippen molar-refractivity contribution < 1.29 is 0 Å². The summed E-state index contributed by atoms with van der Waals surface area (Å²) in [4.78, 5) is 0. The lowest BCUT2D eigenvalue weighted by Crippen LogP contribution is -2.13. The fraction of sp³-hybridized carbons (Fsp3) is 0.636. The second-order valence-corrected chi connectivity index (χ2v) is 4.77. The third-order valence-corrected chi connectivity index (χ3v) is 2.13. The zero-order chi connectivity index (χ0) is 10.1. The number of rotatable bonds is 1. The van der Waals surface area contributed by atoms with Crippen LogP contribution in [0.5, 0.6) is 0 Å². The highest BCUT2D eigenvalue weighted by molar-refractivity contribution is 5.21. The topological polar surface area (TPSA) is 25.8 Å². The van der Waals surface area contributed by atoms with E-state index in [0.29, 0.717) is 5.92 Å². The Morgan fingerprint density at radius 1 is 1.23 bits per heavy atom. The summed E-state index contributed by atoms with van der Waals surface area (Å²) in [6, 6.07) is 2.15. The van der Waals surface area contributed by atoms with Gasteiger partial charge in [0.25, 0.3) is 0 Å². The number of hydrogen-bond donors (Lipinski definition) is 0. The van der Waals surface area contributed by atoms with Crippen molar-refractivity contribution >= 4 is 0 Å². The maximum absolute atomic E-state index is 4.10. The quantitative estimate of drug-likeness (QED) is 0.660. The molecule has 0 aromatic carbocycles. The molecule has 1 aromatic rings. The Labute approximate surface area is 80.4 Å². The first-order valence-corrected chi connectivity index (χ1v) is 4.74. The molecule has 0 bridgehead atoms. The number of aromatic nitrogens is 2. The first-order chi connectivity index (χ1) is 5.91. The van der Waals surface area contributed by atoms with E-state index < -0.39 is 0 Å². The van der Waals surface area contributed by atoms with Crippen LogP contribution >= 0.6 is 0 Å². The average molecular weight is 178 g/mol. The van der Waals surface area contributed by atoms with Crippen LogP contribution in [-0.2, 0) is 5.41 Å². The normalized spacial score (nSPS) is 12.2. The molecule has 1 heterocycles. The summed E-state index contributed by atoms with van der Waals surface area (Å²) in [5.41, 5.74) is 2.50. The van der Waals surface area contributed by atoms with Gasteiger partial charge in [0.05, 0.1) is 11.9 Å². The van der Waals surface area contributed by atoms with Crippen LogP contribution in [0.15, 0.2) is 12.3 Å². The zero-order valence-electron chi connectivity index (χ0n) is 9.13. The van der Waals surface area contributed by atoms with E-state index in [9.17, 15) is 0 Å². The first-order valence-electron chi connectivity index (χ1n) is 4.74. The Balaban J connectivity index is 3.06. The summed E-state index contributed by atoms with van der Waals surface area (Å²) in [6.07, 6.45) is 1.85. The van der Waals surface area contributed by atoms with Crippen LogP contribution in [0.2, 0.25) is 0 Å². The molecule has 0 radical (unpaired) electrons. The molecule has 72 valence electrons. The molecule has 0 aliphatic carbocycles. The summed E-state index contributed by atoms with van der Waals surface area (Å²) in [7, 11) is 0. The van der Waals surface area contributed by atoms with Gasteiger partial charge in [-0.3, -0.25) is 0 Å². The van der Waals surface area contributed by atoms with Gasteiger partial charge in [-0.15, -0.1) is 0 Å². The van der Waals surface area contributed by atoms with E-state index >= 15 is 0 Å². The predicted octanol–water partition coefficient (Wildman–Crippen LogP) is 2.90. The molecule has 0 saturated heterocycles. The van der Waals surface area contributed by atoms with Crippen LogP contribution < -0.4 is 0 Å². The van der Waals surface area contributed by atoms with Crippen LogP contribution in [0, 0.1) is 0 Å². The van der Waals surface area contributed by atoms with Gasteiger partial charge in [0, 0.05) is 0 Å². The molecule has 1 aromatic heterocycles. The van der Waals surface area contributed by atoms with Gasteiger partial charge in [-0.1, -0.05) is 34.6 Å². The van der Waals surface area contributed by atoms with Gasteiger partial charge in [0.1, 0.15) is 0 Å². The molecule has 0 aliphatic rings. The predicted molar refractivity (Wildman–Crippen MR) is 54.8 cm³/mol. The second kappa shape index (κ2) is 3.44. The van der Waals surface area contributed by atoms with Crippen molar-refractivity contribution in [3.8, 4) is 0 Å². The van der Waals surface area contributed by atoms with Crippen LogP contribution in [0.1, 0.15) is 51.8 Å². The molecule has 2 nitrogen and oxygen atoms in total. The summed E-state index contributed by atoms with van der Waals surface area (Å²) >= 11 is 0. The molecular weight excluding hydrogens is 160 g/mol. The smallest absolute Gasteiger partial charge is 0.0659 e. The Bertz CT molecular complexity index is 284. The minimum absolute atomic E-state index is 0.166. The molecule has 0 unspecified atom stereocenters. The fourth-order valence-corrected chi connectivity index (χ4v) is 1.08. The molecule has 2 heteroatoms. The minimum atomic E-state index is 0.166. The fourth-order valence-electron chi connectivity index (χ4n) is 1.08. The van der Waals surface area contributed by atoms with Crippen molar-refractivity contribution in [1.29, 1.82) is 0 Å². The van der Waals surface area contributed by atoms with Gasteiger partial charge in [-0.05, 0) is 23.0 Å². The zero-order valence-corrected chi connectivity index (χ0v) is 9.13. The first kappa shape index (κ1) is 10.2. The Morgan fingerprint density at radius 2 is 1.85 bits per heavy atom. The minimum Gasteiger partial charge on any atom is -0.159 e. The maximum atomic E-state index is 4.10. The molecule has 0 atom stereocenters. The van der Waals surface area contributed by atoms with Crippen molar-refractivity contribution in [2.45, 2.75) is 46.0 Å². The molecule has 0 saturated carbocycles. The lowest BCUT2D eigenvalue weighted by Gasteiger charge is -2.19. The van der Waals surface area contributed by atoms with Crippen molar-refractivity contribution in [3.63, 3.8) is 0 Å². The second-order valence-electron chi connectivity index (χ2n) is 4.77. The van der Waals surface area contributed by atoms with E-state index in [2.05, 4.69) is 50.9 Å². The van der Waals surface area contributed by atoms with Crippen molar-refractivity contribution in [2.75, 3.05) is 0 Å². The lowest BCUT2D eigenvalue weighted by atomic mass is 9.87. The van der Waals surface area contributed by atoms with E-state index in [-0.39, 0.29) is 5.41 Å². The van der Waals surface area contributed by atoms with E-state index in [0.717, 1.165) is 5.69 Å². The molecule has 0 amide bonds.